The lowest BCUT2D eigenvalue weighted by Crippen LogP contribution is -2.45. The molecule has 0 saturated carbocycles. The zero-order chi connectivity index (χ0) is 20.8. The summed E-state index contributed by atoms with van der Waals surface area (Å²) in [5, 5.41) is 2.84. The Bertz CT molecular complexity index is 967. The summed E-state index contributed by atoms with van der Waals surface area (Å²) in [6.45, 7) is 5.27. The van der Waals surface area contributed by atoms with Crippen molar-refractivity contribution in [2.45, 2.75) is 13.1 Å². The van der Waals surface area contributed by atoms with Crippen molar-refractivity contribution >= 4 is 11.6 Å². The highest BCUT2D eigenvalue weighted by Gasteiger charge is 2.17. The maximum Gasteiger partial charge on any atom is 0.251 e. The summed E-state index contributed by atoms with van der Waals surface area (Å²) in [5.41, 5.74) is 3.84. The predicted octanol–water partition coefficient (Wildman–Crippen LogP) is 4.08. The number of para-hydroxylation sites is 1. The number of anilines is 1. The van der Waals surface area contributed by atoms with Crippen molar-refractivity contribution in [2.75, 3.05) is 31.1 Å². The van der Waals surface area contributed by atoms with Gasteiger partial charge in [0.05, 0.1) is 0 Å². The Hall–Kier alpha value is -3.18. The second kappa shape index (κ2) is 9.55. The molecule has 0 radical (unpaired) electrons. The van der Waals surface area contributed by atoms with E-state index in [2.05, 4.69) is 39.4 Å². The molecule has 1 N–H and O–H groups in total. The molecule has 0 aromatic heterocycles. The van der Waals surface area contributed by atoms with E-state index in [4.69, 9.17) is 0 Å². The molecule has 0 bridgehead atoms. The van der Waals surface area contributed by atoms with Gasteiger partial charge in [0.15, 0.2) is 0 Å². The Morgan fingerprint density at radius 1 is 0.833 bits per heavy atom. The van der Waals surface area contributed by atoms with Crippen LogP contribution in [0, 0.1) is 5.82 Å². The van der Waals surface area contributed by atoms with Gasteiger partial charge in [-0.2, -0.15) is 0 Å². The fourth-order valence-corrected chi connectivity index (χ4v) is 3.75. The van der Waals surface area contributed by atoms with E-state index in [9.17, 15) is 9.18 Å². The van der Waals surface area contributed by atoms with Gasteiger partial charge in [0, 0.05) is 50.5 Å². The summed E-state index contributed by atoms with van der Waals surface area (Å²) in [5.74, 6) is -0.446. The smallest absolute Gasteiger partial charge is 0.251 e. The van der Waals surface area contributed by atoms with E-state index in [1.165, 1.54) is 23.4 Å². The third-order valence-electron chi connectivity index (χ3n) is 5.46. The molecule has 0 atom stereocenters. The van der Waals surface area contributed by atoms with E-state index in [0.717, 1.165) is 38.3 Å². The highest BCUT2D eigenvalue weighted by Crippen LogP contribution is 2.17. The third kappa shape index (κ3) is 5.24. The first-order valence-corrected chi connectivity index (χ1v) is 10.3. The minimum absolute atomic E-state index is 0.151. The van der Waals surface area contributed by atoms with Gasteiger partial charge in [-0.15, -0.1) is 0 Å². The van der Waals surface area contributed by atoms with Crippen LogP contribution in [-0.4, -0.2) is 37.0 Å². The van der Waals surface area contributed by atoms with Crippen LogP contribution in [0.3, 0.4) is 0 Å². The molecule has 1 fully saturated rings. The van der Waals surface area contributed by atoms with Crippen LogP contribution < -0.4 is 10.2 Å². The zero-order valence-electron chi connectivity index (χ0n) is 16.9. The Morgan fingerprint density at radius 2 is 1.57 bits per heavy atom. The number of amides is 1. The number of benzene rings is 3. The number of rotatable bonds is 6. The average Bonchev–Trinajstić information content (AvgIpc) is 2.79. The van der Waals surface area contributed by atoms with Crippen LogP contribution in [0.25, 0.3) is 0 Å². The van der Waals surface area contributed by atoms with Gasteiger partial charge >= 0.3 is 0 Å². The first kappa shape index (κ1) is 20.1. The number of nitrogens with one attached hydrogen (secondary N) is 1. The summed E-state index contributed by atoms with van der Waals surface area (Å²) < 4.78 is 13.2. The van der Waals surface area contributed by atoms with E-state index < -0.39 is 0 Å². The second-order valence-electron chi connectivity index (χ2n) is 7.61. The van der Waals surface area contributed by atoms with Crippen LogP contribution in [0.4, 0.5) is 10.1 Å². The fraction of sp³-hybridized carbons (Fsp3) is 0.240. The molecular formula is C25H26FN3O. The summed E-state index contributed by atoms with van der Waals surface area (Å²) in [6.07, 6.45) is 0. The van der Waals surface area contributed by atoms with Crippen molar-refractivity contribution in [1.82, 2.24) is 10.2 Å². The van der Waals surface area contributed by atoms with Gasteiger partial charge in [0.1, 0.15) is 5.82 Å². The highest BCUT2D eigenvalue weighted by molar-refractivity contribution is 5.94. The van der Waals surface area contributed by atoms with Crippen LogP contribution in [0.2, 0.25) is 0 Å². The van der Waals surface area contributed by atoms with Crippen molar-refractivity contribution in [2.24, 2.45) is 0 Å². The van der Waals surface area contributed by atoms with Crippen LogP contribution >= 0.6 is 0 Å². The number of piperazine rings is 1. The van der Waals surface area contributed by atoms with E-state index in [0.29, 0.717) is 12.1 Å². The monoisotopic (exact) mass is 403 g/mol. The van der Waals surface area contributed by atoms with Crippen molar-refractivity contribution < 1.29 is 9.18 Å². The molecule has 3 aromatic rings. The lowest BCUT2D eigenvalue weighted by atomic mass is 10.1. The van der Waals surface area contributed by atoms with Gasteiger partial charge in [-0.3, -0.25) is 9.69 Å². The van der Waals surface area contributed by atoms with Crippen LogP contribution in [-0.2, 0) is 13.1 Å². The number of halogens is 1. The largest absolute Gasteiger partial charge is 0.369 e. The molecule has 5 heteroatoms. The summed E-state index contributed by atoms with van der Waals surface area (Å²) in [7, 11) is 0. The van der Waals surface area contributed by atoms with Crippen LogP contribution in [0.5, 0.6) is 0 Å². The van der Waals surface area contributed by atoms with Gasteiger partial charge in [-0.1, -0.05) is 42.5 Å². The SMILES string of the molecule is O=C(NCc1cccc(F)c1)c1ccc(CN2CCN(c3ccccc3)CC2)cc1. The molecule has 0 spiro atoms. The maximum absolute atomic E-state index is 13.2. The summed E-state index contributed by atoms with van der Waals surface area (Å²) in [6, 6.07) is 24.5. The molecule has 0 unspecified atom stereocenters. The third-order valence-corrected chi connectivity index (χ3v) is 5.46. The van der Waals surface area contributed by atoms with E-state index >= 15 is 0 Å². The minimum atomic E-state index is -0.296. The number of hydrogen-bond donors (Lipinski definition) is 1. The molecule has 0 aliphatic carbocycles. The van der Waals surface area contributed by atoms with Crippen molar-refractivity contribution in [1.29, 1.82) is 0 Å². The van der Waals surface area contributed by atoms with E-state index in [-0.39, 0.29) is 11.7 Å². The standard InChI is InChI=1S/C25H26FN3O/c26-23-6-4-5-21(17-23)18-27-25(30)22-11-9-20(10-12-22)19-28-13-15-29(16-14-28)24-7-2-1-3-8-24/h1-12,17H,13-16,18-19H2,(H,27,30). The van der Waals surface area contributed by atoms with Gasteiger partial charge in [0.25, 0.3) is 5.91 Å². The highest BCUT2D eigenvalue weighted by atomic mass is 19.1. The molecule has 1 aliphatic rings. The molecule has 154 valence electrons. The molecule has 1 heterocycles. The van der Waals surface area contributed by atoms with Gasteiger partial charge < -0.3 is 10.2 Å². The van der Waals surface area contributed by atoms with Crippen LogP contribution in [0.15, 0.2) is 78.9 Å². The topological polar surface area (TPSA) is 35.6 Å². The normalized spacial score (nSPS) is 14.5. The Morgan fingerprint density at radius 3 is 2.27 bits per heavy atom. The number of carbonyl (C=O) groups excluding carboxylic acids is 1. The molecule has 1 aliphatic heterocycles. The number of nitrogens with zero attached hydrogens (tertiary/aromatic N) is 2. The molecule has 30 heavy (non-hydrogen) atoms. The van der Waals surface area contributed by atoms with Crippen molar-refractivity contribution in [3.8, 4) is 0 Å². The van der Waals surface area contributed by atoms with E-state index in [1.54, 1.807) is 12.1 Å². The van der Waals surface area contributed by atoms with Gasteiger partial charge in [-0.25, -0.2) is 4.39 Å². The first-order valence-electron chi connectivity index (χ1n) is 10.3. The predicted molar refractivity (Wildman–Crippen MR) is 118 cm³/mol. The number of carbonyl (C=O) groups is 1. The van der Waals surface area contributed by atoms with Gasteiger partial charge in [0.2, 0.25) is 0 Å². The minimum Gasteiger partial charge on any atom is -0.369 e. The molecule has 4 rings (SSSR count). The van der Waals surface area contributed by atoms with Crippen molar-refractivity contribution in [3.05, 3.63) is 101 Å². The number of hydrogen-bond acceptors (Lipinski definition) is 3. The Kier molecular flexibility index (Phi) is 6.40. The zero-order valence-corrected chi connectivity index (χ0v) is 16.9. The lowest BCUT2D eigenvalue weighted by molar-refractivity contribution is 0.0951. The second-order valence-corrected chi connectivity index (χ2v) is 7.61. The summed E-state index contributed by atoms with van der Waals surface area (Å²) >= 11 is 0. The molecule has 3 aromatic carbocycles. The van der Waals surface area contributed by atoms with Gasteiger partial charge in [-0.05, 0) is 47.5 Å². The maximum atomic E-state index is 13.2. The van der Waals surface area contributed by atoms with Crippen LogP contribution in [0.1, 0.15) is 21.5 Å². The Labute approximate surface area is 176 Å². The van der Waals surface area contributed by atoms with Crippen molar-refractivity contribution in [3.63, 3.8) is 0 Å². The quantitative estimate of drug-likeness (QED) is 0.674. The molecule has 1 saturated heterocycles. The Balaban J connectivity index is 1.26. The lowest BCUT2D eigenvalue weighted by Gasteiger charge is -2.36. The van der Waals surface area contributed by atoms with E-state index in [1.807, 2.05) is 30.3 Å². The molecular weight excluding hydrogens is 377 g/mol. The first-order chi connectivity index (χ1) is 14.7. The molecule has 4 nitrogen and oxygen atoms in total. The average molecular weight is 404 g/mol. The fourth-order valence-electron chi connectivity index (χ4n) is 3.75. The summed E-state index contributed by atoms with van der Waals surface area (Å²) in [4.78, 5) is 17.2. The molecule has 1 amide bonds.